The zero-order valence-electron chi connectivity index (χ0n) is 17.7. The Balaban J connectivity index is 1.62. The highest BCUT2D eigenvalue weighted by atomic mass is 16.3. The van der Waals surface area contributed by atoms with Crippen molar-refractivity contribution in [3.63, 3.8) is 0 Å². The van der Waals surface area contributed by atoms with Gasteiger partial charge in [-0.1, -0.05) is 53.6 Å². The summed E-state index contributed by atoms with van der Waals surface area (Å²) in [5, 5.41) is 22.0. The number of anilines is 1. The van der Waals surface area contributed by atoms with Gasteiger partial charge in [0.05, 0.1) is 5.52 Å². The molecule has 0 aliphatic heterocycles. The van der Waals surface area contributed by atoms with E-state index in [0.717, 1.165) is 11.1 Å². The number of rotatable bonds is 5. The van der Waals surface area contributed by atoms with E-state index in [2.05, 4.69) is 15.5 Å². The van der Waals surface area contributed by atoms with E-state index >= 15 is 0 Å². The predicted octanol–water partition coefficient (Wildman–Crippen LogP) is 5.53. The lowest BCUT2D eigenvalue weighted by molar-refractivity contribution is -0.116. The summed E-state index contributed by atoms with van der Waals surface area (Å²) in [4.78, 5) is 25.0. The van der Waals surface area contributed by atoms with Crippen LogP contribution in [0.1, 0.15) is 21.5 Å². The summed E-state index contributed by atoms with van der Waals surface area (Å²) in [6.45, 7) is 3.73. The minimum Gasteiger partial charge on any atom is -0.493 e. The molecule has 7 heteroatoms. The molecular weight excluding hydrogens is 404 g/mol. The van der Waals surface area contributed by atoms with E-state index in [1.807, 2.05) is 44.2 Å². The molecule has 4 aromatic rings. The molecular formula is C25H22N4O3. The van der Waals surface area contributed by atoms with E-state index in [-0.39, 0.29) is 24.0 Å². The Hall–Kier alpha value is -4.26. The number of aromatic nitrogens is 1. The quantitative estimate of drug-likeness (QED) is 0.411. The van der Waals surface area contributed by atoms with Crippen molar-refractivity contribution < 1.29 is 14.7 Å². The summed E-state index contributed by atoms with van der Waals surface area (Å²) in [7, 11) is 0. The minimum atomic E-state index is -0.512. The molecule has 0 bridgehead atoms. The van der Waals surface area contributed by atoms with E-state index in [1.54, 1.807) is 42.5 Å². The highest BCUT2D eigenvalue weighted by Gasteiger charge is 2.19. The molecule has 2 amide bonds. The number of para-hydroxylation sites is 1. The van der Waals surface area contributed by atoms with Crippen LogP contribution in [0, 0.1) is 13.8 Å². The number of carbonyl (C=O) groups is 2. The fraction of sp³-hybridized carbons (Fsp3) is 0.120. The molecule has 0 radical (unpaired) electrons. The monoisotopic (exact) mass is 426 g/mol. The molecule has 1 heterocycles. The first-order valence-corrected chi connectivity index (χ1v) is 10.1. The van der Waals surface area contributed by atoms with Crippen LogP contribution < -0.4 is 5.32 Å². The van der Waals surface area contributed by atoms with Gasteiger partial charge in [0.2, 0.25) is 11.8 Å². The highest BCUT2D eigenvalue weighted by Crippen LogP contribution is 2.38. The van der Waals surface area contributed by atoms with E-state index in [4.69, 9.17) is 0 Å². The van der Waals surface area contributed by atoms with Crippen LogP contribution >= 0.6 is 0 Å². The van der Waals surface area contributed by atoms with Crippen LogP contribution in [0.5, 0.6) is 5.88 Å². The van der Waals surface area contributed by atoms with Gasteiger partial charge in [-0.2, -0.15) is 0 Å². The summed E-state index contributed by atoms with van der Waals surface area (Å²) in [6.07, 6.45) is 0. The maximum atomic E-state index is 12.6. The second-order valence-electron chi connectivity index (χ2n) is 7.56. The fourth-order valence-corrected chi connectivity index (χ4v) is 3.44. The van der Waals surface area contributed by atoms with Crippen LogP contribution in [0.25, 0.3) is 10.9 Å². The normalized spacial score (nSPS) is 11.2. The van der Waals surface area contributed by atoms with E-state index in [1.165, 1.54) is 4.57 Å². The number of amides is 2. The Kier molecular flexibility index (Phi) is 5.81. The Morgan fingerprint density at radius 1 is 0.938 bits per heavy atom. The molecule has 4 rings (SSSR count). The van der Waals surface area contributed by atoms with Gasteiger partial charge in [0, 0.05) is 16.6 Å². The van der Waals surface area contributed by atoms with Gasteiger partial charge >= 0.3 is 0 Å². The molecule has 32 heavy (non-hydrogen) atoms. The van der Waals surface area contributed by atoms with Crippen LogP contribution in [-0.2, 0) is 11.3 Å². The summed E-state index contributed by atoms with van der Waals surface area (Å²) < 4.78 is 1.45. The topological polar surface area (TPSA) is 96.1 Å². The third-order valence-electron chi connectivity index (χ3n) is 5.06. The van der Waals surface area contributed by atoms with Crippen molar-refractivity contribution in [3.05, 3.63) is 89.5 Å². The molecule has 0 saturated heterocycles. The van der Waals surface area contributed by atoms with Gasteiger partial charge < -0.3 is 15.0 Å². The largest absolute Gasteiger partial charge is 0.493 e. The summed E-state index contributed by atoms with van der Waals surface area (Å²) in [5.41, 5.74) is 3.86. The summed E-state index contributed by atoms with van der Waals surface area (Å²) in [6, 6.07) is 21.6. The van der Waals surface area contributed by atoms with Crippen LogP contribution in [-0.4, -0.2) is 21.5 Å². The van der Waals surface area contributed by atoms with Crippen molar-refractivity contribution in [2.75, 3.05) is 5.32 Å². The number of carbonyl (C=O) groups excluding carboxylic acids is 2. The Morgan fingerprint density at radius 3 is 2.44 bits per heavy atom. The molecule has 3 aromatic carbocycles. The summed E-state index contributed by atoms with van der Waals surface area (Å²) in [5.74, 6) is -1.04. The SMILES string of the molecule is Cc1ccc(NC(=O)Cn2c(O)c(N=NC(=O)c3cccc(C)c3)c3ccccc32)cc1. The molecule has 7 nitrogen and oxygen atoms in total. The van der Waals surface area contributed by atoms with E-state index in [0.29, 0.717) is 22.2 Å². The standard InChI is InChI=1S/C25H22N4O3/c1-16-10-12-19(13-11-16)26-22(30)15-29-21-9-4-3-8-20(21)23(25(29)32)27-28-24(31)18-7-5-6-17(2)14-18/h3-14,32H,15H2,1-2H3,(H,26,30). The molecule has 0 spiro atoms. The Morgan fingerprint density at radius 2 is 1.69 bits per heavy atom. The number of hydrogen-bond donors (Lipinski definition) is 2. The molecule has 160 valence electrons. The number of benzene rings is 3. The maximum Gasteiger partial charge on any atom is 0.295 e. The Labute approximate surface area is 185 Å². The van der Waals surface area contributed by atoms with Crippen LogP contribution in [0.15, 0.2) is 83.0 Å². The van der Waals surface area contributed by atoms with Gasteiger partial charge in [-0.15, -0.1) is 10.2 Å². The summed E-state index contributed by atoms with van der Waals surface area (Å²) >= 11 is 0. The van der Waals surface area contributed by atoms with Crippen molar-refractivity contribution in [3.8, 4) is 5.88 Å². The molecule has 0 unspecified atom stereocenters. The number of aryl methyl sites for hydroxylation is 2. The molecule has 2 N–H and O–H groups in total. The van der Waals surface area contributed by atoms with Crippen molar-refractivity contribution >= 4 is 34.1 Å². The van der Waals surface area contributed by atoms with E-state index in [9.17, 15) is 14.7 Å². The third kappa shape index (κ3) is 4.41. The molecule has 0 aliphatic rings. The van der Waals surface area contributed by atoms with Gasteiger partial charge in [-0.05, 0) is 44.2 Å². The average molecular weight is 426 g/mol. The Bertz CT molecular complexity index is 1340. The molecule has 0 atom stereocenters. The smallest absolute Gasteiger partial charge is 0.295 e. The van der Waals surface area contributed by atoms with Crippen molar-refractivity contribution in [2.45, 2.75) is 20.4 Å². The first-order chi connectivity index (χ1) is 15.4. The average Bonchev–Trinajstić information content (AvgIpc) is 3.04. The molecule has 0 fully saturated rings. The fourth-order valence-electron chi connectivity index (χ4n) is 3.44. The van der Waals surface area contributed by atoms with Crippen LogP contribution in [0.3, 0.4) is 0 Å². The maximum absolute atomic E-state index is 12.6. The lowest BCUT2D eigenvalue weighted by Gasteiger charge is -2.08. The second kappa shape index (κ2) is 8.85. The van der Waals surface area contributed by atoms with Gasteiger partial charge in [-0.25, -0.2) is 0 Å². The first kappa shape index (κ1) is 21.0. The minimum absolute atomic E-state index is 0.123. The molecule has 0 aliphatic carbocycles. The lowest BCUT2D eigenvalue weighted by atomic mass is 10.1. The van der Waals surface area contributed by atoms with Gasteiger partial charge in [-0.3, -0.25) is 9.59 Å². The van der Waals surface area contributed by atoms with Gasteiger partial charge in [0.15, 0.2) is 5.69 Å². The van der Waals surface area contributed by atoms with Crippen molar-refractivity contribution in [1.29, 1.82) is 0 Å². The van der Waals surface area contributed by atoms with Crippen molar-refractivity contribution in [1.82, 2.24) is 4.57 Å². The number of nitrogens with one attached hydrogen (secondary N) is 1. The van der Waals surface area contributed by atoms with Crippen molar-refractivity contribution in [2.24, 2.45) is 10.2 Å². The van der Waals surface area contributed by atoms with Crippen LogP contribution in [0.4, 0.5) is 11.4 Å². The number of aromatic hydroxyl groups is 1. The van der Waals surface area contributed by atoms with Gasteiger partial charge in [0.25, 0.3) is 5.91 Å². The molecule has 1 aromatic heterocycles. The zero-order valence-corrected chi connectivity index (χ0v) is 17.7. The number of azo groups is 1. The lowest BCUT2D eigenvalue weighted by Crippen LogP contribution is -2.18. The van der Waals surface area contributed by atoms with E-state index < -0.39 is 5.91 Å². The zero-order chi connectivity index (χ0) is 22.7. The predicted molar refractivity (Wildman–Crippen MR) is 123 cm³/mol. The molecule has 0 saturated carbocycles. The number of fused-ring (bicyclic) bond motifs is 1. The third-order valence-corrected chi connectivity index (χ3v) is 5.06. The number of nitrogens with zero attached hydrogens (tertiary/aromatic N) is 3. The number of hydrogen-bond acceptors (Lipinski definition) is 4. The first-order valence-electron chi connectivity index (χ1n) is 10.1. The van der Waals surface area contributed by atoms with Crippen LogP contribution in [0.2, 0.25) is 0 Å². The highest BCUT2D eigenvalue weighted by molar-refractivity contribution is 5.99. The van der Waals surface area contributed by atoms with Gasteiger partial charge in [0.1, 0.15) is 6.54 Å². The second-order valence-corrected chi connectivity index (χ2v) is 7.56.